The molecule has 1 atom stereocenters. The molecule has 5 heteroatoms. The molecule has 0 saturated carbocycles. The molecule has 0 aromatic heterocycles. The standard InChI is InChI=1S/C19H31FN2O2/c1-6-14(9-18(23)24)15-7-16(20)19(17(21)8-15)22(10-12(2)3)11-13(4)5/h7-8,12-14H,6,9-11,21H2,1-5H3,(H,23,24). The number of hydrogen-bond acceptors (Lipinski definition) is 3. The minimum Gasteiger partial charge on any atom is -0.481 e. The Kier molecular flexibility index (Phi) is 7.52. The van der Waals surface area contributed by atoms with E-state index in [1.54, 1.807) is 6.07 Å². The molecule has 0 aliphatic heterocycles. The van der Waals surface area contributed by atoms with Crippen LogP contribution in [0, 0.1) is 17.7 Å². The number of benzene rings is 1. The number of carboxylic acid groups (broad SMARTS) is 1. The van der Waals surface area contributed by atoms with Crippen LogP contribution < -0.4 is 10.6 Å². The SMILES string of the molecule is CCC(CC(=O)O)c1cc(N)c(N(CC(C)C)CC(C)C)c(F)c1. The van der Waals surface area contributed by atoms with Gasteiger partial charge in [-0.3, -0.25) is 4.79 Å². The molecule has 1 rings (SSSR count). The van der Waals surface area contributed by atoms with E-state index < -0.39 is 5.97 Å². The first-order chi connectivity index (χ1) is 11.1. The number of nitrogen functional groups attached to an aromatic ring is 1. The second-order valence-corrected chi connectivity index (χ2v) is 7.34. The van der Waals surface area contributed by atoms with Crippen molar-refractivity contribution in [2.24, 2.45) is 11.8 Å². The summed E-state index contributed by atoms with van der Waals surface area (Å²) in [6.45, 7) is 11.7. The predicted octanol–water partition coefficient (Wildman–Crippen LogP) is 4.49. The summed E-state index contributed by atoms with van der Waals surface area (Å²) >= 11 is 0. The molecule has 0 aliphatic rings. The van der Waals surface area contributed by atoms with Crippen molar-refractivity contribution in [1.29, 1.82) is 0 Å². The van der Waals surface area contributed by atoms with Gasteiger partial charge in [-0.2, -0.15) is 0 Å². The highest BCUT2D eigenvalue weighted by Crippen LogP contribution is 2.34. The number of rotatable bonds is 9. The summed E-state index contributed by atoms with van der Waals surface area (Å²) in [5.41, 5.74) is 7.65. The van der Waals surface area contributed by atoms with E-state index in [1.807, 2.05) is 11.8 Å². The summed E-state index contributed by atoms with van der Waals surface area (Å²) < 4.78 is 14.8. The molecule has 1 unspecified atom stereocenters. The fraction of sp³-hybridized carbons (Fsp3) is 0.632. The Morgan fingerprint density at radius 2 is 1.75 bits per heavy atom. The second kappa shape index (κ2) is 8.90. The van der Waals surface area contributed by atoms with Gasteiger partial charge in [0.05, 0.1) is 17.8 Å². The van der Waals surface area contributed by atoms with Gasteiger partial charge in [0.1, 0.15) is 5.82 Å². The van der Waals surface area contributed by atoms with Crippen molar-refractivity contribution in [3.05, 3.63) is 23.5 Å². The van der Waals surface area contributed by atoms with Gasteiger partial charge in [0.2, 0.25) is 0 Å². The summed E-state index contributed by atoms with van der Waals surface area (Å²) in [6.07, 6.45) is 0.614. The van der Waals surface area contributed by atoms with Crippen LogP contribution in [0.3, 0.4) is 0 Å². The lowest BCUT2D eigenvalue weighted by molar-refractivity contribution is -0.137. The van der Waals surface area contributed by atoms with Crippen LogP contribution in [-0.2, 0) is 4.79 Å². The Morgan fingerprint density at radius 3 is 2.12 bits per heavy atom. The first-order valence-electron chi connectivity index (χ1n) is 8.71. The molecular weight excluding hydrogens is 307 g/mol. The normalized spacial score (nSPS) is 12.7. The van der Waals surface area contributed by atoms with Crippen LogP contribution in [0.25, 0.3) is 0 Å². The smallest absolute Gasteiger partial charge is 0.303 e. The summed E-state index contributed by atoms with van der Waals surface area (Å²) in [4.78, 5) is 13.0. The molecule has 1 aromatic carbocycles. The van der Waals surface area contributed by atoms with Gasteiger partial charge >= 0.3 is 5.97 Å². The Hall–Kier alpha value is -1.78. The number of nitrogens with zero attached hydrogens (tertiary/aromatic N) is 1. The summed E-state index contributed by atoms with van der Waals surface area (Å²) in [7, 11) is 0. The first-order valence-corrected chi connectivity index (χ1v) is 8.71. The highest BCUT2D eigenvalue weighted by atomic mass is 19.1. The van der Waals surface area contributed by atoms with Gasteiger partial charge < -0.3 is 15.7 Å². The van der Waals surface area contributed by atoms with E-state index in [0.717, 1.165) is 13.1 Å². The van der Waals surface area contributed by atoms with Crippen molar-refractivity contribution in [3.63, 3.8) is 0 Å². The van der Waals surface area contributed by atoms with Crippen molar-refractivity contribution in [2.75, 3.05) is 23.7 Å². The molecule has 0 aliphatic carbocycles. The average molecular weight is 338 g/mol. The lowest BCUT2D eigenvalue weighted by Gasteiger charge is -2.30. The molecule has 1 aromatic rings. The van der Waals surface area contributed by atoms with E-state index in [1.165, 1.54) is 6.07 Å². The zero-order valence-electron chi connectivity index (χ0n) is 15.5. The molecule has 3 N–H and O–H groups in total. The van der Waals surface area contributed by atoms with Gasteiger partial charge in [0.15, 0.2) is 0 Å². The zero-order chi connectivity index (χ0) is 18.4. The molecule has 0 spiro atoms. The fourth-order valence-corrected chi connectivity index (χ4v) is 3.06. The third-order valence-electron chi connectivity index (χ3n) is 3.99. The van der Waals surface area contributed by atoms with Crippen molar-refractivity contribution in [3.8, 4) is 0 Å². The van der Waals surface area contributed by atoms with E-state index in [4.69, 9.17) is 10.8 Å². The molecule has 0 radical (unpaired) electrons. The van der Waals surface area contributed by atoms with E-state index >= 15 is 0 Å². The lowest BCUT2D eigenvalue weighted by atomic mass is 9.92. The Morgan fingerprint density at radius 1 is 1.21 bits per heavy atom. The van der Waals surface area contributed by atoms with Crippen LogP contribution in [0.1, 0.15) is 58.9 Å². The van der Waals surface area contributed by atoms with Crippen LogP contribution in [-0.4, -0.2) is 24.2 Å². The van der Waals surface area contributed by atoms with Crippen molar-refractivity contribution in [2.45, 2.75) is 53.4 Å². The van der Waals surface area contributed by atoms with Crippen molar-refractivity contribution >= 4 is 17.3 Å². The van der Waals surface area contributed by atoms with E-state index in [-0.39, 0.29) is 18.2 Å². The maximum Gasteiger partial charge on any atom is 0.303 e. The molecule has 0 fully saturated rings. The highest BCUT2D eigenvalue weighted by molar-refractivity contribution is 5.71. The van der Waals surface area contributed by atoms with Crippen molar-refractivity contribution in [1.82, 2.24) is 0 Å². The monoisotopic (exact) mass is 338 g/mol. The third-order valence-corrected chi connectivity index (χ3v) is 3.99. The Balaban J connectivity index is 3.22. The van der Waals surface area contributed by atoms with E-state index in [9.17, 15) is 9.18 Å². The molecule has 0 amide bonds. The second-order valence-electron chi connectivity index (χ2n) is 7.34. The maximum absolute atomic E-state index is 14.8. The van der Waals surface area contributed by atoms with Gasteiger partial charge in [-0.25, -0.2) is 4.39 Å². The molecule has 136 valence electrons. The number of carboxylic acids is 1. The number of anilines is 2. The van der Waals surface area contributed by atoms with Crippen LogP contribution in [0.5, 0.6) is 0 Å². The first kappa shape index (κ1) is 20.3. The molecule has 4 nitrogen and oxygen atoms in total. The number of halogens is 1. The maximum atomic E-state index is 14.8. The van der Waals surface area contributed by atoms with Gasteiger partial charge in [-0.05, 0) is 41.9 Å². The molecule has 24 heavy (non-hydrogen) atoms. The molecular formula is C19H31FN2O2. The van der Waals surface area contributed by atoms with Crippen LogP contribution in [0.4, 0.5) is 15.8 Å². The average Bonchev–Trinajstić information content (AvgIpc) is 2.42. The molecule has 0 bridgehead atoms. The highest BCUT2D eigenvalue weighted by Gasteiger charge is 2.21. The molecule has 0 heterocycles. The van der Waals surface area contributed by atoms with Gasteiger partial charge in [-0.1, -0.05) is 34.6 Å². The Bertz CT molecular complexity index is 525. The van der Waals surface area contributed by atoms with Crippen molar-refractivity contribution < 1.29 is 14.3 Å². The van der Waals surface area contributed by atoms with Crippen LogP contribution in [0.15, 0.2) is 12.1 Å². The predicted molar refractivity (Wildman–Crippen MR) is 98.0 cm³/mol. The van der Waals surface area contributed by atoms with E-state index in [0.29, 0.717) is 35.2 Å². The van der Waals surface area contributed by atoms with Crippen LogP contribution >= 0.6 is 0 Å². The zero-order valence-corrected chi connectivity index (χ0v) is 15.5. The minimum absolute atomic E-state index is 0.0174. The number of hydrogen-bond donors (Lipinski definition) is 2. The quantitative estimate of drug-likeness (QED) is 0.651. The van der Waals surface area contributed by atoms with Gasteiger partial charge in [-0.15, -0.1) is 0 Å². The van der Waals surface area contributed by atoms with Gasteiger partial charge in [0, 0.05) is 13.1 Å². The lowest BCUT2D eigenvalue weighted by Crippen LogP contribution is -2.32. The number of carbonyl (C=O) groups is 1. The molecule has 0 saturated heterocycles. The fourth-order valence-electron chi connectivity index (χ4n) is 3.06. The van der Waals surface area contributed by atoms with Crippen LogP contribution in [0.2, 0.25) is 0 Å². The number of aliphatic carboxylic acids is 1. The number of nitrogens with two attached hydrogens (primary N) is 1. The van der Waals surface area contributed by atoms with Gasteiger partial charge in [0.25, 0.3) is 0 Å². The topological polar surface area (TPSA) is 66.6 Å². The summed E-state index contributed by atoms with van der Waals surface area (Å²) in [5.74, 6) is -0.700. The minimum atomic E-state index is -0.883. The van der Waals surface area contributed by atoms with E-state index in [2.05, 4.69) is 27.7 Å². The summed E-state index contributed by atoms with van der Waals surface area (Å²) in [5, 5.41) is 9.02. The largest absolute Gasteiger partial charge is 0.481 e. The Labute approximate surface area is 144 Å². The third kappa shape index (κ3) is 5.69. The summed E-state index contributed by atoms with van der Waals surface area (Å²) in [6, 6.07) is 3.19.